The minimum Gasteiger partial charge on any atom is -0.481 e. The molecule has 11 heteroatoms. The van der Waals surface area contributed by atoms with E-state index in [1.54, 1.807) is 52.7 Å². The summed E-state index contributed by atoms with van der Waals surface area (Å²) >= 11 is 3.14. The third kappa shape index (κ3) is 7.51. The van der Waals surface area contributed by atoms with E-state index < -0.39 is 23.5 Å². The number of carboxylic acid groups (broad SMARTS) is 1. The van der Waals surface area contributed by atoms with Gasteiger partial charge in [0, 0.05) is 9.75 Å². The minimum absolute atomic E-state index is 0.0827. The molecule has 3 N–H and O–H groups in total. The maximum Gasteiger partial charge on any atom is 0.318 e. The van der Waals surface area contributed by atoms with Gasteiger partial charge in [0.15, 0.2) is 11.5 Å². The van der Waals surface area contributed by atoms with E-state index in [0.29, 0.717) is 43.0 Å². The molecule has 0 bridgehead atoms. The lowest BCUT2D eigenvalue weighted by Crippen LogP contribution is -2.55. The average molecular weight is 572 g/mol. The zero-order valence-electron chi connectivity index (χ0n) is 22.0. The number of fused-ring (bicyclic) bond motifs is 1. The zero-order valence-corrected chi connectivity index (χ0v) is 23.6. The number of carbonyl (C=O) groups excluding carboxylic acids is 2. The molecule has 0 saturated carbocycles. The highest BCUT2D eigenvalue weighted by molar-refractivity contribution is 7.10. The normalized spacial score (nSPS) is 14.3. The lowest BCUT2D eigenvalue weighted by molar-refractivity contribution is -0.139. The quantitative estimate of drug-likeness (QED) is 0.256. The van der Waals surface area contributed by atoms with Gasteiger partial charge in [0.1, 0.15) is 6.04 Å². The number of nitrogens with one attached hydrogen (secondary N) is 2. The van der Waals surface area contributed by atoms with Crippen molar-refractivity contribution in [2.75, 3.05) is 6.79 Å². The Morgan fingerprint density at radius 1 is 1.05 bits per heavy atom. The zero-order chi connectivity index (χ0) is 27.8. The predicted molar refractivity (Wildman–Crippen MR) is 150 cm³/mol. The van der Waals surface area contributed by atoms with Crippen LogP contribution >= 0.6 is 22.7 Å². The topological polar surface area (TPSA) is 117 Å². The van der Waals surface area contributed by atoms with Gasteiger partial charge < -0.3 is 30.1 Å². The predicted octanol–water partition coefficient (Wildman–Crippen LogP) is 5.32. The number of rotatable bonds is 13. The first kappa shape index (κ1) is 28.4. The van der Waals surface area contributed by atoms with Crippen molar-refractivity contribution in [1.82, 2.24) is 15.5 Å². The van der Waals surface area contributed by atoms with Crippen LogP contribution in [0.3, 0.4) is 0 Å². The number of unbranched alkanes of at least 4 members (excludes halogenated alkanes) is 1. The highest BCUT2D eigenvalue weighted by Gasteiger charge is 2.35. The van der Waals surface area contributed by atoms with E-state index in [9.17, 15) is 19.5 Å². The standard InChI is InChI=1S/C28H33N3O6S2/c1-3-4-9-22(29-27(35)31(16-20-7-5-12-38-20)17-21-8-6-13-39-21)26(34)30-28(2,15-25(32)33)19-10-11-23-24(14-19)37-18-36-23/h5-8,10-14,22H,3-4,9,15-18H2,1-2H3,(H,29,35)(H,30,34)(H,32,33)/t22-,28+/m1/s1. The summed E-state index contributed by atoms with van der Waals surface area (Å²) in [4.78, 5) is 42.8. The minimum atomic E-state index is -1.24. The molecule has 0 spiro atoms. The third-order valence-electron chi connectivity index (χ3n) is 6.51. The Morgan fingerprint density at radius 2 is 1.72 bits per heavy atom. The molecule has 9 nitrogen and oxygen atoms in total. The third-order valence-corrected chi connectivity index (χ3v) is 8.24. The molecule has 3 amide bonds. The first-order valence-electron chi connectivity index (χ1n) is 12.8. The van der Waals surface area contributed by atoms with Crippen LogP contribution in [0.2, 0.25) is 0 Å². The smallest absolute Gasteiger partial charge is 0.318 e. The summed E-state index contributed by atoms with van der Waals surface area (Å²) in [7, 11) is 0. The molecule has 2 aromatic heterocycles. The molecule has 0 radical (unpaired) electrons. The van der Waals surface area contributed by atoms with Crippen molar-refractivity contribution in [2.24, 2.45) is 0 Å². The summed E-state index contributed by atoms with van der Waals surface area (Å²) in [5, 5.41) is 19.5. The van der Waals surface area contributed by atoms with E-state index >= 15 is 0 Å². The van der Waals surface area contributed by atoms with E-state index in [4.69, 9.17) is 9.47 Å². The van der Waals surface area contributed by atoms with Gasteiger partial charge in [-0.3, -0.25) is 9.59 Å². The van der Waals surface area contributed by atoms with E-state index in [0.717, 1.165) is 16.2 Å². The number of carbonyl (C=O) groups is 3. The lowest BCUT2D eigenvalue weighted by atomic mass is 9.87. The van der Waals surface area contributed by atoms with Crippen molar-refractivity contribution in [3.63, 3.8) is 0 Å². The van der Waals surface area contributed by atoms with Gasteiger partial charge in [-0.05, 0) is 53.9 Å². The number of hydrogen-bond acceptors (Lipinski definition) is 7. The van der Waals surface area contributed by atoms with Crippen molar-refractivity contribution in [1.29, 1.82) is 0 Å². The number of benzene rings is 1. The molecular weight excluding hydrogens is 538 g/mol. The van der Waals surface area contributed by atoms with Crippen LogP contribution in [0, 0.1) is 0 Å². The summed E-state index contributed by atoms with van der Waals surface area (Å²) in [5.74, 6) is -0.451. The van der Waals surface area contributed by atoms with Gasteiger partial charge in [-0.25, -0.2) is 4.79 Å². The van der Waals surface area contributed by atoms with Crippen molar-refractivity contribution < 1.29 is 29.0 Å². The summed E-state index contributed by atoms with van der Waals surface area (Å²) in [6.45, 7) is 4.58. The van der Waals surface area contributed by atoms with E-state index in [-0.39, 0.29) is 19.2 Å². The molecule has 208 valence electrons. The fraction of sp³-hybridized carbons (Fsp3) is 0.393. The van der Waals surface area contributed by atoms with Gasteiger partial charge in [0.25, 0.3) is 0 Å². The molecule has 0 aliphatic carbocycles. The maximum absolute atomic E-state index is 13.7. The van der Waals surface area contributed by atoms with Crippen molar-refractivity contribution >= 4 is 40.6 Å². The highest BCUT2D eigenvalue weighted by Crippen LogP contribution is 2.37. The summed E-state index contributed by atoms with van der Waals surface area (Å²) in [6, 6.07) is 11.8. The Kier molecular flexibility index (Phi) is 9.47. The molecule has 0 unspecified atom stereocenters. The molecule has 3 heterocycles. The molecular formula is C28H33N3O6S2. The Hall–Kier alpha value is -3.57. The van der Waals surface area contributed by atoms with Crippen LogP contribution in [-0.4, -0.2) is 40.7 Å². The summed E-state index contributed by atoms with van der Waals surface area (Å²) < 4.78 is 10.8. The van der Waals surface area contributed by atoms with E-state index in [2.05, 4.69) is 10.6 Å². The van der Waals surface area contributed by atoms with Gasteiger partial charge in [-0.2, -0.15) is 0 Å². The summed E-state index contributed by atoms with van der Waals surface area (Å²) in [5.41, 5.74) is -0.674. The van der Waals surface area contributed by atoms with Crippen LogP contribution in [0.4, 0.5) is 4.79 Å². The molecule has 0 saturated heterocycles. The highest BCUT2D eigenvalue weighted by atomic mass is 32.1. The molecule has 0 fully saturated rings. The molecule has 4 rings (SSSR count). The Bertz CT molecular complexity index is 1230. The molecule has 3 aromatic rings. The van der Waals surface area contributed by atoms with Crippen molar-refractivity contribution in [2.45, 2.75) is 64.2 Å². The summed E-state index contributed by atoms with van der Waals surface area (Å²) in [6.07, 6.45) is 1.62. The van der Waals surface area contributed by atoms with Crippen LogP contribution in [0.25, 0.3) is 0 Å². The van der Waals surface area contributed by atoms with Crippen molar-refractivity contribution in [3.8, 4) is 11.5 Å². The van der Waals surface area contributed by atoms with Gasteiger partial charge >= 0.3 is 12.0 Å². The molecule has 2 atom stereocenters. The second-order valence-corrected chi connectivity index (χ2v) is 11.7. The van der Waals surface area contributed by atoms with Crippen LogP contribution in [0.5, 0.6) is 11.5 Å². The molecule has 1 aromatic carbocycles. The van der Waals surface area contributed by atoms with Gasteiger partial charge in [-0.1, -0.05) is 38.0 Å². The Labute approximate surface area is 235 Å². The van der Waals surface area contributed by atoms with Crippen LogP contribution < -0.4 is 20.1 Å². The van der Waals surface area contributed by atoms with Crippen LogP contribution in [-0.2, 0) is 28.2 Å². The SMILES string of the molecule is CCCC[C@@H](NC(=O)N(Cc1cccs1)Cc1cccs1)C(=O)N[C@@](C)(CC(=O)O)c1ccc2c(c1)OCO2. The molecule has 1 aliphatic rings. The second-order valence-electron chi connectivity index (χ2n) is 9.62. The van der Waals surface area contributed by atoms with Crippen LogP contribution in [0.1, 0.15) is 54.8 Å². The van der Waals surface area contributed by atoms with Gasteiger partial charge in [0.05, 0.1) is 25.0 Å². The van der Waals surface area contributed by atoms with Crippen LogP contribution in [0.15, 0.2) is 53.2 Å². The van der Waals surface area contributed by atoms with E-state index in [1.165, 1.54) is 0 Å². The molecule has 1 aliphatic heterocycles. The lowest BCUT2D eigenvalue weighted by Gasteiger charge is -2.33. The number of ether oxygens (including phenoxy) is 2. The molecule has 39 heavy (non-hydrogen) atoms. The van der Waals surface area contributed by atoms with Crippen molar-refractivity contribution in [3.05, 3.63) is 68.5 Å². The average Bonchev–Trinajstić information content (AvgIpc) is 3.68. The number of nitrogens with zero attached hydrogens (tertiary/aromatic N) is 1. The number of urea groups is 1. The second kappa shape index (κ2) is 13.0. The van der Waals surface area contributed by atoms with E-state index in [1.807, 2.05) is 41.9 Å². The van der Waals surface area contributed by atoms with Gasteiger partial charge in [-0.15, -0.1) is 22.7 Å². The first-order chi connectivity index (χ1) is 18.8. The monoisotopic (exact) mass is 571 g/mol. The number of carboxylic acids is 1. The Balaban J connectivity index is 1.54. The number of hydrogen-bond donors (Lipinski definition) is 3. The first-order valence-corrected chi connectivity index (χ1v) is 14.6. The number of aliphatic carboxylic acids is 1. The Morgan fingerprint density at radius 3 is 2.31 bits per heavy atom. The maximum atomic E-state index is 13.7. The fourth-order valence-electron chi connectivity index (χ4n) is 4.42. The number of amides is 3. The number of thiophene rings is 2. The largest absolute Gasteiger partial charge is 0.481 e. The van der Waals surface area contributed by atoms with Gasteiger partial charge in [0.2, 0.25) is 12.7 Å². The fourth-order valence-corrected chi connectivity index (χ4v) is 5.86.